The Bertz CT molecular complexity index is 1350. The largest absolute Gasteiger partial charge is 0.493 e. The molecule has 0 saturated carbocycles. The maximum atomic E-state index is 12.5. The van der Waals surface area contributed by atoms with Crippen molar-refractivity contribution in [1.82, 2.24) is 10.2 Å². The standard InChI is InChI=1S/C34H43ClN4O4/c1-34(2,3)23-43-28-13-6-24(7-14-28)21-31(40)38-27-11-9-26(10-12-27)36-16-17-37-33(42)32(41)29-15-8-25(20-30(29)35)22-39-18-4-5-19-39/h6-15,20,32,36,41H,4-5,16-19,21-23H2,1-3H3,(H,37,42)(H,38,40). The van der Waals surface area contributed by atoms with E-state index in [9.17, 15) is 14.7 Å². The molecule has 4 rings (SSSR count). The number of nitrogens with zero attached hydrogens (tertiary/aromatic N) is 1. The van der Waals surface area contributed by atoms with Gasteiger partial charge in [0.25, 0.3) is 5.91 Å². The lowest BCUT2D eigenvalue weighted by Gasteiger charge is -2.18. The van der Waals surface area contributed by atoms with E-state index >= 15 is 0 Å². The maximum Gasteiger partial charge on any atom is 0.253 e. The third-order valence-corrected chi connectivity index (χ3v) is 7.42. The molecule has 0 radical (unpaired) electrons. The normalized spacial score (nSPS) is 14.3. The first kappa shape index (κ1) is 32.3. The smallest absolute Gasteiger partial charge is 0.253 e. The molecule has 1 aliphatic rings. The average molecular weight is 607 g/mol. The number of hydrogen-bond donors (Lipinski definition) is 4. The minimum absolute atomic E-state index is 0.0820. The molecule has 3 aromatic rings. The lowest BCUT2D eigenvalue weighted by molar-refractivity contribution is -0.129. The van der Waals surface area contributed by atoms with Gasteiger partial charge in [-0.2, -0.15) is 0 Å². The fraction of sp³-hybridized carbons (Fsp3) is 0.412. The number of rotatable bonds is 13. The van der Waals surface area contributed by atoms with Gasteiger partial charge in [-0.05, 0) is 84.9 Å². The number of anilines is 2. The van der Waals surface area contributed by atoms with E-state index in [1.54, 1.807) is 6.07 Å². The van der Waals surface area contributed by atoms with Crippen LogP contribution < -0.4 is 20.7 Å². The predicted octanol–water partition coefficient (Wildman–Crippen LogP) is 5.80. The predicted molar refractivity (Wildman–Crippen MR) is 173 cm³/mol. The van der Waals surface area contributed by atoms with Gasteiger partial charge in [0.1, 0.15) is 5.75 Å². The van der Waals surface area contributed by atoms with Crippen molar-refractivity contribution in [2.75, 3.05) is 43.4 Å². The molecule has 1 atom stereocenters. The van der Waals surface area contributed by atoms with Crippen LogP contribution in [0.15, 0.2) is 66.7 Å². The van der Waals surface area contributed by atoms with Gasteiger partial charge >= 0.3 is 0 Å². The summed E-state index contributed by atoms with van der Waals surface area (Å²) in [6, 6.07) is 20.4. The summed E-state index contributed by atoms with van der Waals surface area (Å²) in [7, 11) is 0. The molecule has 1 saturated heterocycles. The van der Waals surface area contributed by atoms with Crippen LogP contribution in [0.4, 0.5) is 11.4 Å². The highest BCUT2D eigenvalue weighted by atomic mass is 35.5. The Labute approximate surface area is 259 Å². The van der Waals surface area contributed by atoms with E-state index in [0.717, 1.165) is 42.2 Å². The first-order valence-corrected chi connectivity index (χ1v) is 15.3. The number of carbonyl (C=O) groups is 2. The molecule has 230 valence electrons. The van der Waals surface area contributed by atoms with Crippen molar-refractivity contribution in [3.05, 3.63) is 88.4 Å². The van der Waals surface area contributed by atoms with E-state index in [1.165, 1.54) is 12.8 Å². The van der Waals surface area contributed by atoms with Crippen LogP contribution in [0.2, 0.25) is 5.02 Å². The van der Waals surface area contributed by atoms with Gasteiger partial charge in [0.05, 0.1) is 13.0 Å². The van der Waals surface area contributed by atoms with Crippen molar-refractivity contribution in [2.45, 2.75) is 52.7 Å². The van der Waals surface area contributed by atoms with Crippen molar-refractivity contribution in [3.63, 3.8) is 0 Å². The number of aliphatic hydroxyl groups excluding tert-OH is 1. The molecule has 0 spiro atoms. The summed E-state index contributed by atoms with van der Waals surface area (Å²) in [5, 5.41) is 19.8. The summed E-state index contributed by atoms with van der Waals surface area (Å²) in [5.41, 5.74) is 4.00. The van der Waals surface area contributed by atoms with Gasteiger partial charge in [0.2, 0.25) is 5.91 Å². The van der Waals surface area contributed by atoms with Crippen molar-refractivity contribution in [1.29, 1.82) is 0 Å². The van der Waals surface area contributed by atoms with Gasteiger partial charge in [-0.3, -0.25) is 14.5 Å². The van der Waals surface area contributed by atoms with Gasteiger partial charge in [-0.25, -0.2) is 0 Å². The first-order chi connectivity index (χ1) is 20.6. The van der Waals surface area contributed by atoms with E-state index in [2.05, 4.69) is 41.6 Å². The van der Waals surface area contributed by atoms with E-state index in [4.69, 9.17) is 16.3 Å². The Morgan fingerprint density at radius 1 is 0.930 bits per heavy atom. The van der Waals surface area contributed by atoms with Gasteiger partial charge in [-0.1, -0.05) is 56.6 Å². The molecule has 0 bridgehead atoms. The topological polar surface area (TPSA) is 103 Å². The summed E-state index contributed by atoms with van der Waals surface area (Å²) in [6.45, 7) is 10.8. The number of hydrogen-bond acceptors (Lipinski definition) is 6. The summed E-state index contributed by atoms with van der Waals surface area (Å²) in [5.74, 6) is 0.188. The molecule has 8 nitrogen and oxygen atoms in total. The zero-order chi connectivity index (χ0) is 30.8. The highest BCUT2D eigenvalue weighted by molar-refractivity contribution is 6.31. The highest BCUT2D eigenvalue weighted by Gasteiger charge is 2.21. The molecule has 1 heterocycles. The molecule has 1 aliphatic heterocycles. The molecule has 0 aromatic heterocycles. The number of carbonyl (C=O) groups excluding carboxylic acids is 2. The minimum atomic E-state index is -1.34. The van der Waals surface area contributed by atoms with Crippen LogP contribution >= 0.6 is 11.6 Å². The van der Waals surface area contributed by atoms with Crippen molar-refractivity contribution < 1.29 is 19.4 Å². The molecule has 1 fully saturated rings. The Hall–Kier alpha value is -3.59. The second-order valence-electron chi connectivity index (χ2n) is 12.3. The van der Waals surface area contributed by atoms with E-state index in [-0.39, 0.29) is 17.7 Å². The third kappa shape index (κ3) is 10.6. The zero-order valence-corrected chi connectivity index (χ0v) is 26.0. The second kappa shape index (κ2) is 15.2. The molecule has 9 heteroatoms. The maximum absolute atomic E-state index is 12.5. The SMILES string of the molecule is CC(C)(C)COc1ccc(CC(=O)Nc2ccc(NCCNC(=O)C(O)c3ccc(CN4CCCC4)cc3Cl)cc2)cc1. The number of benzene rings is 3. The fourth-order valence-electron chi connectivity index (χ4n) is 4.79. The van der Waals surface area contributed by atoms with Crippen LogP contribution in [0.1, 0.15) is 56.4 Å². The molecule has 0 aliphatic carbocycles. The Morgan fingerprint density at radius 3 is 2.23 bits per heavy atom. The molecule has 43 heavy (non-hydrogen) atoms. The van der Waals surface area contributed by atoms with E-state index < -0.39 is 12.0 Å². The van der Waals surface area contributed by atoms with Crippen LogP contribution in [0.3, 0.4) is 0 Å². The lowest BCUT2D eigenvalue weighted by Crippen LogP contribution is -2.33. The van der Waals surface area contributed by atoms with Crippen LogP contribution in [0.25, 0.3) is 0 Å². The fourth-order valence-corrected chi connectivity index (χ4v) is 5.09. The number of amides is 2. The van der Waals surface area contributed by atoms with E-state index in [1.807, 2.05) is 60.7 Å². The van der Waals surface area contributed by atoms with Crippen LogP contribution in [-0.2, 0) is 22.6 Å². The van der Waals surface area contributed by atoms with Crippen molar-refractivity contribution >= 4 is 34.8 Å². The first-order valence-electron chi connectivity index (χ1n) is 14.9. The van der Waals surface area contributed by atoms with Gasteiger partial charge < -0.3 is 25.8 Å². The second-order valence-corrected chi connectivity index (χ2v) is 12.7. The molecule has 2 amide bonds. The number of likely N-dealkylation sites (tertiary alicyclic amines) is 1. The Balaban J connectivity index is 1.15. The highest BCUT2D eigenvalue weighted by Crippen LogP contribution is 2.26. The molecule has 4 N–H and O–H groups in total. The van der Waals surface area contributed by atoms with Crippen LogP contribution in [-0.4, -0.2) is 54.6 Å². The third-order valence-electron chi connectivity index (χ3n) is 7.09. The van der Waals surface area contributed by atoms with Crippen molar-refractivity contribution in [3.8, 4) is 5.75 Å². The number of aliphatic hydroxyl groups is 1. The van der Waals surface area contributed by atoms with E-state index in [0.29, 0.717) is 36.0 Å². The molecular formula is C34H43ClN4O4. The number of ether oxygens (including phenoxy) is 1. The molecular weight excluding hydrogens is 564 g/mol. The van der Waals surface area contributed by atoms with Gasteiger partial charge in [0, 0.05) is 41.6 Å². The Morgan fingerprint density at radius 2 is 1.58 bits per heavy atom. The lowest BCUT2D eigenvalue weighted by atomic mass is 9.99. The van der Waals surface area contributed by atoms with Gasteiger partial charge in [-0.15, -0.1) is 0 Å². The minimum Gasteiger partial charge on any atom is -0.493 e. The average Bonchev–Trinajstić information content (AvgIpc) is 3.48. The summed E-state index contributed by atoms with van der Waals surface area (Å²) in [4.78, 5) is 27.4. The number of nitrogens with one attached hydrogen (secondary N) is 3. The number of halogens is 1. The van der Waals surface area contributed by atoms with Crippen LogP contribution in [0, 0.1) is 5.41 Å². The van der Waals surface area contributed by atoms with Crippen molar-refractivity contribution in [2.24, 2.45) is 5.41 Å². The quantitative estimate of drug-likeness (QED) is 0.183. The van der Waals surface area contributed by atoms with Gasteiger partial charge in [0.15, 0.2) is 6.10 Å². The molecule has 3 aromatic carbocycles. The summed E-state index contributed by atoms with van der Waals surface area (Å²) in [6.07, 6.45) is 1.36. The summed E-state index contributed by atoms with van der Waals surface area (Å²) >= 11 is 6.41. The zero-order valence-electron chi connectivity index (χ0n) is 25.3. The monoisotopic (exact) mass is 606 g/mol. The Kier molecular flexibility index (Phi) is 11.4. The van der Waals surface area contributed by atoms with Crippen LogP contribution in [0.5, 0.6) is 5.75 Å². The molecule has 1 unspecified atom stereocenters. The summed E-state index contributed by atoms with van der Waals surface area (Å²) < 4.78 is 5.79.